The third-order valence-corrected chi connectivity index (χ3v) is 4.96. The summed E-state index contributed by atoms with van der Waals surface area (Å²) in [6, 6.07) is 4.23. The van der Waals surface area contributed by atoms with E-state index in [1.807, 2.05) is 0 Å². The van der Waals surface area contributed by atoms with Crippen LogP contribution in [0.25, 0.3) is 0 Å². The van der Waals surface area contributed by atoms with Crippen molar-refractivity contribution < 1.29 is 56.9 Å². The number of aryl methyl sites for hydroxylation is 2. The lowest BCUT2D eigenvalue weighted by Crippen LogP contribution is -2.60. The number of halogens is 6. The second-order valence-electron chi connectivity index (χ2n) is 5.53. The maximum atomic E-state index is 12.4. The largest absolute Gasteiger partial charge is 0.439 e. The molecule has 0 aromatic carbocycles. The molecule has 164 valence electrons. The Balaban J connectivity index is 0.000000567. The molecular formula is C13H18F6NO6S2+. The Kier molecular flexibility index (Phi) is 8.46. The minimum absolute atomic E-state index is 1.15. The molecule has 0 unspecified atom stereocenters. The van der Waals surface area contributed by atoms with E-state index >= 15 is 0 Å². The highest BCUT2D eigenvalue weighted by molar-refractivity contribution is 7.88. The molecule has 0 fully saturated rings. The van der Waals surface area contributed by atoms with E-state index in [-0.39, 0.29) is 0 Å². The van der Waals surface area contributed by atoms with Crippen LogP contribution >= 0.6 is 0 Å². The van der Waals surface area contributed by atoms with Crippen LogP contribution in [0.15, 0.2) is 24.5 Å². The second-order valence-corrected chi connectivity index (χ2v) is 8.46. The van der Waals surface area contributed by atoms with Gasteiger partial charge in [-0.05, 0) is 13.0 Å². The molecule has 7 nitrogen and oxygen atoms in total. The molecule has 0 aliphatic carbocycles. The fourth-order valence-electron chi connectivity index (χ4n) is 1.63. The van der Waals surface area contributed by atoms with Crippen molar-refractivity contribution in [1.29, 1.82) is 0 Å². The Morgan fingerprint density at radius 3 is 1.71 bits per heavy atom. The van der Waals surface area contributed by atoms with Crippen LogP contribution in [-0.4, -0.2) is 42.4 Å². The first kappa shape index (κ1) is 26.6. The van der Waals surface area contributed by atoms with Crippen molar-refractivity contribution in [3.05, 3.63) is 30.1 Å². The quantitative estimate of drug-likeness (QED) is 0.366. The number of nitrogens with zero attached hydrogens (tertiary/aromatic N) is 1. The predicted molar refractivity (Wildman–Crippen MR) is 84.2 cm³/mol. The van der Waals surface area contributed by atoms with Crippen molar-refractivity contribution in [3.63, 3.8) is 0 Å². The van der Waals surface area contributed by atoms with E-state index in [9.17, 15) is 43.2 Å². The monoisotopic (exact) mass is 462 g/mol. The molecule has 0 spiro atoms. The van der Waals surface area contributed by atoms with Gasteiger partial charge in [0.25, 0.3) is 0 Å². The van der Waals surface area contributed by atoms with Gasteiger partial charge in [0.15, 0.2) is 12.4 Å². The zero-order chi connectivity index (χ0) is 22.6. The Hall–Kier alpha value is -1.45. The lowest BCUT2D eigenvalue weighted by Gasteiger charge is -2.28. The third kappa shape index (κ3) is 5.78. The Labute approximate surface area is 157 Å². The summed E-state index contributed by atoms with van der Waals surface area (Å²) in [6.45, 7) is 5.50. The molecule has 1 rings (SSSR count). The lowest BCUT2D eigenvalue weighted by atomic mass is 10.3. The van der Waals surface area contributed by atoms with E-state index in [1.54, 1.807) is 0 Å². The van der Waals surface area contributed by atoms with Gasteiger partial charge in [-0.15, -0.1) is 0 Å². The van der Waals surface area contributed by atoms with E-state index < -0.39 is 36.7 Å². The molecule has 0 radical (unpaired) electrons. The smallest absolute Gasteiger partial charge is 0.281 e. The third-order valence-electron chi connectivity index (χ3n) is 3.15. The summed E-state index contributed by atoms with van der Waals surface area (Å²) in [6.07, 6.45) is 6.85. The van der Waals surface area contributed by atoms with Gasteiger partial charge in [0.05, 0.1) is 0 Å². The number of pyridine rings is 1. The van der Waals surface area contributed by atoms with Gasteiger partial charge in [0.2, 0.25) is 0 Å². The first-order valence-electron chi connectivity index (χ1n) is 7.36. The summed E-state index contributed by atoms with van der Waals surface area (Å²) in [5, 5.41) is -13.6. The fraction of sp³-hybridized carbons (Fsp3) is 0.615. The maximum Gasteiger partial charge on any atom is 0.439 e. The van der Waals surface area contributed by atoms with Crippen LogP contribution in [-0.2, 0) is 26.8 Å². The highest BCUT2D eigenvalue weighted by atomic mass is 32.2. The molecule has 0 bridgehead atoms. The SMILES string of the molecule is CCCC[n+]1cccc(C)c1.O=S(=O)(O)C(F)(F)C(F)(F)C(F)(F)S(=O)(=O)O. The van der Waals surface area contributed by atoms with E-state index in [1.165, 1.54) is 18.4 Å². The molecule has 2 N–H and O–H groups in total. The summed E-state index contributed by atoms with van der Waals surface area (Å²) in [5.74, 6) is -7.08. The van der Waals surface area contributed by atoms with Crippen molar-refractivity contribution in [2.45, 2.75) is 49.7 Å². The number of alkyl halides is 6. The average molecular weight is 462 g/mol. The summed E-state index contributed by atoms with van der Waals surface area (Å²) >= 11 is 0. The van der Waals surface area contributed by atoms with E-state index in [0.717, 1.165) is 6.54 Å². The lowest BCUT2D eigenvalue weighted by molar-refractivity contribution is -0.697. The van der Waals surface area contributed by atoms with Gasteiger partial charge in [-0.2, -0.15) is 43.2 Å². The van der Waals surface area contributed by atoms with Crippen molar-refractivity contribution in [3.8, 4) is 0 Å². The van der Waals surface area contributed by atoms with Crippen LogP contribution in [0.1, 0.15) is 25.3 Å². The number of aromatic nitrogens is 1. The second kappa shape index (κ2) is 8.92. The van der Waals surface area contributed by atoms with E-state index in [4.69, 9.17) is 9.11 Å². The molecule has 0 aliphatic rings. The Morgan fingerprint density at radius 1 is 0.964 bits per heavy atom. The summed E-state index contributed by atoms with van der Waals surface area (Å²) in [7, 11) is -14.1. The van der Waals surface area contributed by atoms with Crippen molar-refractivity contribution in [2.24, 2.45) is 0 Å². The van der Waals surface area contributed by atoms with Crippen LogP contribution in [0.3, 0.4) is 0 Å². The van der Waals surface area contributed by atoms with Gasteiger partial charge in [-0.1, -0.05) is 13.3 Å². The summed E-state index contributed by atoms with van der Waals surface area (Å²) in [5.41, 5.74) is 1.34. The van der Waals surface area contributed by atoms with Gasteiger partial charge in [0.1, 0.15) is 6.54 Å². The number of rotatable bonds is 7. The molecule has 1 aromatic heterocycles. The van der Waals surface area contributed by atoms with Crippen LogP contribution in [0.5, 0.6) is 0 Å². The normalized spacial score (nSPS) is 13.6. The Morgan fingerprint density at radius 2 is 1.39 bits per heavy atom. The zero-order valence-corrected chi connectivity index (χ0v) is 16.1. The summed E-state index contributed by atoms with van der Waals surface area (Å²) in [4.78, 5) is 0. The first-order valence-corrected chi connectivity index (χ1v) is 10.2. The van der Waals surface area contributed by atoms with Crippen LogP contribution in [0, 0.1) is 6.92 Å². The minimum atomic E-state index is -7.08. The van der Waals surface area contributed by atoms with E-state index in [2.05, 4.69) is 42.9 Å². The maximum absolute atomic E-state index is 12.4. The number of hydrogen-bond acceptors (Lipinski definition) is 4. The summed E-state index contributed by atoms with van der Waals surface area (Å²) < 4.78 is 131. The van der Waals surface area contributed by atoms with Crippen molar-refractivity contribution in [2.75, 3.05) is 0 Å². The molecule has 28 heavy (non-hydrogen) atoms. The molecule has 0 atom stereocenters. The van der Waals surface area contributed by atoms with Gasteiger partial charge in [-0.25, -0.2) is 4.57 Å². The highest BCUT2D eigenvalue weighted by Crippen LogP contribution is 2.50. The first-order chi connectivity index (χ1) is 12.3. The average Bonchev–Trinajstić information content (AvgIpc) is 2.51. The molecule has 1 aromatic rings. The Bertz CT molecular complexity index is 827. The molecular weight excluding hydrogens is 444 g/mol. The molecule has 0 aliphatic heterocycles. The van der Waals surface area contributed by atoms with Gasteiger partial charge < -0.3 is 0 Å². The van der Waals surface area contributed by atoms with Gasteiger partial charge in [0, 0.05) is 18.1 Å². The minimum Gasteiger partial charge on any atom is -0.281 e. The zero-order valence-electron chi connectivity index (χ0n) is 14.5. The number of unbranched alkanes of at least 4 members (excludes halogenated alkanes) is 1. The number of hydrogen-bond donors (Lipinski definition) is 2. The van der Waals surface area contributed by atoms with Crippen molar-refractivity contribution in [1.82, 2.24) is 0 Å². The molecule has 0 amide bonds. The van der Waals surface area contributed by atoms with Crippen molar-refractivity contribution >= 4 is 20.2 Å². The highest BCUT2D eigenvalue weighted by Gasteiger charge is 2.82. The van der Waals surface area contributed by atoms with Gasteiger partial charge in [-0.3, -0.25) is 9.11 Å². The standard InChI is InChI=1S/C10H16N.C3H2F6O6S2/c1-3-4-7-11-8-5-6-10(2)9-11;4-1(5,2(6,7)16(10,11)12)3(8,9)17(13,14)15/h5-6,8-9H,3-4,7H2,1-2H3;(H,10,11,12)(H,13,14,15)/q+1;. The van der Waals surface area contributed by atoms with Crippen LogP contribution in [0.2, 0.25) is 0 Å². The van der Waals surface area contributed by atoms with Crippen LogP contribution < -0.4 is 4.57 Å². The molecule has 0 saturated heterocycles. The molecule has 15 heteroatoms. The predicted octanol–water partition coefficient (Wildman–Crippen LogP) is 2.67. The fourth-order valence-corrected chi connectivity index (χ4v) is 2.60. The topological polar surface area (TPSA) is 113 Å². The molecule has 0 saturated carbocycles. The molecule has 1 heterocycles. The van der Waals surface area contributed by atoms with Gasteiger partial charge >= 0.3 is 36.7 Å². The van der Waals surface area contributed by atoms with E-state index in [0.29, 0.717) is 0 Å². The van der Waals surface area contributed by atoms with Crippen LogP contribution in [0.4, 0.5) is 26.3 Å².